The first-order valence-electron chi connectivity index (χ1n) is 5.53. The fraction of sp³-hybridized carbons (Fsp3) is 0.800. The Hall–Kier alpha value is -0.750. The number of thioether (sulfide) groups is 1. The van der Waals surface area contributed by atoms with Crippen LogP contribution in [-0.2, 0) is 9.59 Å². The third-order valence-electron chi connectivity index (χ3n) is 2.45. The molecule has 16 heavy (non-hydrogen) atoms. The predicted octanol–water partition coefficient (Wildman–Crippen LogP) is -0.237. The van der Waals surface area contributed by atoms with Gasteiger partial charge in [0.2, 0.25) is 11.8 Å². The molecule has 0 spiro atoms. The van der Waals surface area contributed by atoms with E-state index in [9.17, 15) is 9.59 Å². The number of carbonyl (C=O) groups is 2. The minimum Gasteiger partial charge on any atom is -0.368 e. The molecule has 1 atom stereocenters. The number of carbonyl (C=O) groups excluding carboxylic acids is 2. The van der Waals surface area contributed by atoms with Gasteiger partial charge in [0, 0.05) is 18.2 Å². The van der Waals surface area contributed by atoms with Crippen LogP contribution in [0, 0.1) is 0 Å². The lowest BCUT2D eigenvalue weighted by Crippen LogP contribution is -2.48. The van der Waals surface area contributed by atoms with Crippen molar-refractivity contribution in [3.8, 4) is 0 Å². The van der Waals surface area contributed by atoms with Crippen molar-refractivity contribution in [3.63, 3.8) is 0 Å². The molecule has 1 rings (SSSR count). The van der Waals surface area contributed by atoms with E-state index in [4.69, 9.17) is 5.73 Å². The highest BCUT2D eigenvalue weighted by atomic mass is 32.2. The van der Waals surface area contributed by atoms with Crippen LogP contribution >= 0.6 is 11.8 Å². The minimum absolute atomic E-state index is 0.00255. The molecule has 5 nitrogen and oxygen atoms in total. The second kappa shape index (κ2) is 6.75. The number of rotatable bonds is 6. The lowest BCUT2D eigenvalue weighted by molar-refractivity contribution is -0.136. The number of unbranched alkanes of at least 4 members (excludes halogenated alkanes) is 1. The summed E-state index contributed by atoms with van der Waals surface area (Å²) in [5, 5.41) is 3.11. The smallest absolute Gasteiger partial charge is 0.241 e. The Labute approximate surface area is 100 Å². The predicted molar refractivity (Wildman–Crippen MR) is 64.9 cm³/mol. The summed E-state index contributed by atoms with van der Waals surface area (Å²) in [6.07, 6.45) is 1.90. The van der Waals surface area contributed by atoms with Crippen LogP contribution in [0.5, 0.6) is 0 Å². The molecule has 6 heteroatoms. The van der Waals surface area contributed by atoms with E-state index < -0.39 is 5.91 Å². The summed E-state index contributed by atoms with van der Waals surface area (Å²) in [7, 11) is 0. The second-order valence-corrected chi connectivity index (χ2v) is 4.88. The largest absolute Gasteiger partial charge is 0.368 e. The molecule has 0 bridgehead atoms. The molecule has 1 aliphatic heterocycles. The number of hydrogen-bond donors (Lipinski definition) is 2. The van der Waals surface area contributed by atoms with Crippen molar-refractivity contribution >= 4 is 23.6 Å². The minimum atomic E-state index is -0.449. The molecule has 1 aliphatic rings. The summed E-state index contributed by atoms with van der Waals surface area (Å²) in [4.78, 5) is 24.5. The summed E-state index contributed by atoms with van der Waals surface area (Å²) in [6.45, 7) is 2.69. The molecular formula is C10H19N3O2S. The number of nitrogens with two attached hydrogens (primary N) is 1. The zero-order chi connectivity index (χ0) is 12.0. The number of hydrogen-bond acceptors (Lipinski definition) is 4. The van der Waals surface area contributed by atoms with Crippen molar-refractivity contribution in [3.05, 3.63) is 0 Å². The van der Waals surface area contributed by atoms with Crippen LogP contribution in [0.3, 0.4) is 0 Å². The maximum Gasteiger partial charge on any atom is 0.241 e. The highest BCUT2D eigenvalue weighted by Crippen LogP contribution is 2.12. The topological polar surface area (TPSA) is 75.4 Å². The van der Waals surface area contributed by atoms with Gasteiger partial charge in [-0.1, -0.05) is 13.3 Å². The average Bonchev–Trinajstić information content (AvgIpc) is 2.76. The molecule has 1 heterocycles. The van der Waals surface area contributed by atoms with E-state index >= 15 is 0 Å². The summed E-state index contributed by atoms with van der Waals surface area (Å²) in [5.74, 6) is 1.13. The molecule has 0 radical (unpaired) electrons. The Morgan fingerprint density at radius 2 is 2.31 bits per heavy atom. The van der Waals surface area contributed by atoms with Crippen molar-refractivity contribution in [2.24, 2.45) is 5.73 Å². The highest BCUT2D eigenvalue weighted by molar-refractivity contribution is 7.99. The molecule has 1 fully saturated rings. The van der Waals surface area contributed by atoms with Gasteiger partial charge < -0.3 is 10.6 Å². The Bertz CT molecular complexity index is 254. The first kappa shape index (κ1) is 13.3. The molecule has 0 aromatic carbocycles. The quantitative estimate of drug-likeness (QED) is 0.677. The number of amides is 2. The van der Waals surface area contributed by atoms with E-state index in [2.05, 4.69) is 12.2 Å². The zero-order valence-corrected chi connectivity index (χ0v) is 10.4. The first-order chi connectivity index (χ1) is 7.65. The molecule has 0 aromatic rings. The van der Waals surface area contributed by atoms with Gasteiger partial charge in [0.05, 0.1) is 12.6 Å². The molecule has 0 aromatic heterocycles. The van der Waals surface area contributed by atoms with E-state index in [0.29, 0.717) is 6.54 Å². The van der Waals surface area contributed by atoms with Crippen LogP contribution in [0.2, 0.25) is 0 Å². The summed E-state index contributed by atoms with van der Waals surface area (Å²) in [6, 6.07) is -0.152. The average molecular weight is 245 g/mol. The van der Waals surface area contributed by atoms with Gasteiger partial charge in [-0.15, -0.1) is 11.8 Å². The van der Waals surface area contributed by atoms with Crippen LogP contribution in [0.4, 0.5) is 0 Å². The van der Waals surface area contributed by atoms with Crippen LogP contribution in [0.15, 0.2) is 0 Å². The van der Waals surface area contributed by atoms with Gasteiger partial charge in [-0.05, 0) is 6.42 Å². The van der Waals surface area contributed by atoms with E-state index in [1.807, 2.05) is 0 Å². The number of nitrogens with one attached hydrogen (secondary N) is 1. The van der Waals surface area contributed by atoms with Gasteiger partial charge in [0.25, 0.3) is 0 Å². The van der Waals surface area contributed by atoms with Crippen molar-refractivity contribution in [2.45, 2.75) is 25.8 Å². The molecule has 2 amide bonds. The molecule has 1 saturated heterocycles. The maximum atomic E-state index is 12.0. The molecule has 0 saturated carbocycles. The monoisotopic (exact) mass is 245 g/mol. The van der Waals surface area contributed by atoms with Crippen molar-refractivity contribution in [1.29, 1.82) is 0 Å². The summed E-state index contributed by atoms with van der Waals surface area (Å²) < 4.78 is 0. The fourth-order valence-corrected chi connectivity index (χ4v) is 2.51. The van der Waals surface area contributed by atoms with E-state index in [1.54, 1.807) is 16.7 Å². The van der Waals surface area contributed by atoms with Gasteiger partial charge in [0.15, 0.2) is 0 Å². The molecule has 3 N–H and O–H groups in total. The fourth-order valence-electron chi connectivity index (χ4n) is 1.58. The van der Waals surface area contributed by atoms with Gasteiger partial charge in [-0.3, -0.25) is 14.9 Å². The third-order valence-corrected chi connectivity index (χ3v) is 3.39. The Morgan fingerprint density at radius 1 is 1.56 bits per heavy atom. The summed E-state index contributed by atoms with van der Waals surface area (Å²) >= 11 is 1.70. The van der Waals surface area contributed by atoms with Gasteiger partial charge in [0.1, 0.15) is 0 Å². The highest BCUT2D eigenvalue weighted by Gasteiger charge is 2.27. The third kappa shape index (κ3) is 4.02. The van der Waals surface area contributed by atoms with Crippen LogP contribution < -0.4 is 11.1 Å². The van der Waals surface area contributed by atoms with Crippen LogP contribution in [-0.4, -0.2) is 47.5 Å². The second-order valence-electron chi connectivity index (χ2n) is 3.85. The van der Waals surface area contributed by atoms with Crippen LogP contribution in [0.25, 0.3) is 0 Å². The van der Waals surface area contributed by atoms with Gasteiger partial charge in [-0.25, -0.2) is 0 Å². The van der Waals surface area contributed by atoms with Crippen molar-refractivity contribution in [2.75, 3.05) is 24.7 Å². The lowest BCUT2D eigenvalue weighted by atomic mass is 10.2. The van der Waals surface area contributed by atoms with Gasteiger partial charge in [-0.2, -0.15) is 0 Å². The van der Waals surface area contributed by atoms with E-state index in [-0.39, 0.29) is 18.5 Å². The Morgan fingerprint density at radius 3 is 2.81 bits per heavy atom. The molecule has 1 unspecified atom stereocenters. The zero-order valence-electron chi connectivity index (χ0n) is 9.57. The van der Waals surface area contributed by atoms with Crippen LogP contribution in [0.1, 0.15) is 19.8 Å². The van der Waals surface area contributed by atoms with E-state index in [0.717, 1.165) is 24.5 Å². The number of nitrogens with zero attached hydrogens (tertiary/aromatic N) is 1. The number of primary amides is 1. The standard InChI is InChI=1S/C10H19N3O2S/c1-2-3-4-13(5-9(11)14)10(15)8-6-16-7-12-8/h8,12H,2-7H2,1H3,(H2,11,14). The first-order valence-corrected chi connectivity index (χ1v) is 6.68. The SMILES string of the molecule is CCCCN(CC(N)=O)C(=O)C1CSCN1. The van der Waals surface area contributed by atoms with Crippen molar-refractivity contribution < 1.29 is 9.59 Å². The maximum absolute atomic E-state index is 12.0. The molecule has 92 valence electrons. The lowest BCUT2D eigenvalue weighted by Gasteiger charge is -2.23. The van der Waals surface area contributed by atoms with E-state index in [1.165, 1.54) is 0 Å². The van der Waals surface area contributed by atoms with Crippen molar-refractivity contribution in [1.82, 2.24) is 10.2 Å². The normalized spacial score (nSPS) is 19.7. The molecular weight excluding hydrogens is 226 g/mol. The van der Waals surface area contributed by atoms with Gasteiger partial charge >= 0.3 is 0 Å². The summed E-state index contributed by atoms with van der Waals surface area (Å²) in [5.41, 5.74) is 5.14. The molecule has 0 aliphatic carbocycles. The Kier molecular flexibility index (Phi) is 5.62. The Balaban J connectivity index is 2.51.